The first-order chi connectivity index (χ1) is 13.5. The Labute approximate surface area is 162 Å². The summed E-state index contributed by atoms with van der Waals surface area (Å²) in [5, 5.41) is 3.90. The van der Waals surface area contributed by atoms with Crippen LogP contribution in [0.3, 0.4) is 0 Å². The molecule has 2 aromatic carbocycles. The molecule has 4 rings (SSSR count). The van der Waals surface area contributed by atoms with Gasteiger partial charge in [-0.15, -0.1) is 0 Å². The Hall–Kier alpha value is -3.41. The molecule has 6 nitrogen and oxygen atoms in total. The lowest BCUT2D eigenvalue weighted by Gasteiger charge is -2.10. The van der Waals surface area contributed by atoms with Crippen LogP contribution in [0.25, 0.3) is 16.5 Å². The molecule has 3 aromatic rings. The summed E-state index contributed by atoms with van der Waals surface area (Å²) < 4.78 is 21.7. The van der Waals surface area contributed by atoms with E-state index in [4.69, 9.17) is 18.6 Å². The number of benzene rings is 2. The normalized spacial score (nSPS) is 13.0. The van der Waals surface area contributed by atoms with Crippen LogP contribution < -0.4 is 19.5 Å². The van der Waals surface area contributed by atoms with Gasteiger partial charge in [0.1, 0.15) is 11.3 Å². The van der Waals surface area contributed by atoms with E-state index in [9.17, 15) is 4.79 Å². The van der Waals surface area contributed by atoms with Crippen molar-refractivity contribution in [2.24, 2.45) is 0 Å². The quantitative estimate of drug-likeness (QED) is 0.673. The second-order valence-electron chi connectivity index (χ2n) is 6.70. The van der Waals surface area contributed by atoms with Crippen molar-refractivity contribution >= 4 is 22.4 Å². The number of rotatable bonds is 5. The van der Waals surface area contributed by atoms with Gasteiger partial charge in [-0.1, -0.05) is 6.07 Å². The third-order valence-electron chi connectivity index (χ3n) is 4.77. The van der Waals surface area contributed by atoms with Crippen molar-refractivity contribution in [1.82, 2.24) is 5.32 Å². The Balaban J connectivity index is 1.51. The number of carbonyl (C=O) groups is 1. The second kappa shape index (κ2) is 7.31. The molecule has 1 N–H and O–H groups in total. The van der Waals surface area contributed by atoms with Crippen LogP contribution in [0.15, 0.2) is 47.1 Å². The van der Waals surface area contributed by atoms with Crippen molar-refractivity contribution < 1.29 is 23.4 Å². The Morgan fingerprint density at radius 1 is 1.21 bits per heavy atom. The van der Waals surface area contributed by atoms with Crippen molar-refractivity contribution in [1.29, 1.82) is 0 Å². The Morgan fingerprint density at radius 2 is 2.04 bits per heavy atom. The molecule has 0 radical (unpaired) electrons. The van der Waals surface area contributed by atoms with Gasteiger partial charge in [0, 0.05) is 29.6 Å². The second-order valence-corrected chi connectivity index (χ2v) is 6.70. The average Bonchev–Trinajstić information content (AvgIpc) is 3.31. The minimum absolute atomic E-state index is 0.179. The highest BCUT2D eigenvalue weighted by atomic mass is 16.7. The molecule has 0 aliphatic carbocycles. The summed E-state index contributed by atoms with van der Waals surface area (Å²) in [4.78, 5) is 12.4. The number of nitrogens with one attached hydrogen (secondary N) is 1. The molecule has 0 bridgehead atoms. The highest BCUT2D eigenvalue weighted by Crippen LogP contribution is 2.34. The molecular formula is C22H21NO5. The van der Waals surface area contributed by atoms with Gasteiger partial charge in [-0.2, -0.15) is 0 Å². The number of hydrogen-bond acceptors (Lipinski definition) is 5. The van der Waals surface area contributed by atoms with Crippen LogP contribution in [0.5, 0.6) is 17.2 Å². The van der Waals surface area contributed by atoms with Crippen LogP contribution in [0.4, 0.5) is 0 Å². The van der Waals surface area contributed by atoms with E-state index in [1.807, 2.05) is 44.2 Å². The lowest BCUT2D eigenvalue weighted by Crippen LogP contribution is -2.20. The fourth-order valence-corrected chi connectivity index (χ4v) is 3.22. The number of aryl methyl sites for hydroxylation is 1. The Kier molecular flexibility index (Phi) is 4.69. The summed E-state index contributed by atoms with van der Waals surface area (Å²) >= 11 is 0. The van der Waals surface area contributed by atoms with Gasteiger partial charge in [0.2, 0.25) is 12.7 Å². The van der Waals surface area contributed by atoms with E-state index >= 15 is 0 Å². The number of carbonyl (C=O) groups excluding carboxylic acids is 1. The smallest absolute Gasteiger partial charge is 0.244 e. The molecule has 6 heteroatoms. The number of methoxy groups -OCH3 is 1. The van der Waals surface area contributed by atoms with Gasteiger partial charge in [0.15, 0.2) is 11.5 Å². The van der Waals surface area contributed by atoms with E-state index in [0.29, 0.717) is 18.0 Å². The molecule has 1 aliphatic rings. The highest BCUT2D eigenvalue weighted by Gasteiger charge is 2.14. The fraction of sp³-hybridized carbons (Fsp3) is 0.227. The Bertz CT molecular complexity index is 1080. The van der Waals surface area contributed by atoms with Gasteiger partial charge in [0.05, 0.1) is 13.4 Å². The standard InChI is InChI=1S/C22H21NO5/c1-13(16-8-17-14(2)11-26-20(17)9-19(16)25-3)6-22(24)23-10-15-4-5-18-21(7-15)28-12-27-18/h4-9,11H,10,12H2,1-3H3,(H,23,24)/b13-6+. The first kappa shape index (κ1) is 18.0. The first-order valence-electron chi connectivity index (χ1n) is 8.96. The summed E-state index contributed by atoms with van der Waals surface area (Å²) in [6, 6.07) is 9.46. The summed E-state index contributed by atoms with van der Waals surface area (Å²) in [6.45, 7) is 4.50. The molecule has 1 amide bonds. The molecular weight excluding hydrogens is 358 g/mol. The third kappa shape index (κ3) is 3.41. The summed E-state index contributed by atoms with van der Waals surface area (Å²) in [5.41, 5.74) is 4.41. The van der Waals surface area contributed by atoms with E-state index in [-0.39, 0.29) is 12.7 Å². The molecule has 28 heavy (non-hydrogen) atoms. The Morgan fingerprint density at radius 3 is 2.86 bits per heavy atom. The van der Waals surface area contributed by atoms with Gasteiger partial charge >= 0.3 is 0 Å². The first-order valence-corrected chi connectivity index (χ1v) is 8.96. The maximum Gasteiger partial charge on any atom is 0.244 e. The van der Waals surface area contributed by atoms with E-state index in [1.165, 1.54) is 0 Å². The monoisotopic (exact) mass is 379 g/mol. The molecule has 0 unspecified atom stereocenters. The van der Waals surface area contributed by atoms with Crippen LogP contribution in [-0.2, 0) is 11.3 Å². The largest absolute Gasteiger partial charge is 0.496 e. The fourth-order valence-electron chi connectivity index (χ4n) is 3.22. The number of ether oxygens (including phenoxy) is 3. The molecule has 0 fully saturated rings. The summed E-state index contributed by atoms with van der Waals surface area (Å²) in [7, 11) is 1.60. The summed E-state index contributed by atoms with van der Waals surface area (Å²) in [6.07, 6.45) is 3.29. The van der Waals surface area contributed by atoms with Crippen LogP contribution in [0, 0.1) is 6.92 Å². The van der Waals surface area contributed by atoms with E-state index in [2.05, 4.69) is 5.32 Å². The maximum atomic E-state index is 12.4. The van der Waals surface area contributed by atoms with Crippen LogP contribution in [-0.4, -0.2) is 19.8 Å². The van der Waals surface area contributed by atoms with E-state index < -0.39 is 0 Å². The van der Waals surface area contributed by atoms with Crippen molar-refractivity contribution in [2.75, 3.05) is 13.9 Å². The van der Waals surface area contributed by atoms with Gasteiger partial charge in [0.25, 0.3) is 0 Å². The molecule has 1 aliphatic heterocycles. The van der Waals surface area contributed by atoms with Gasteiger partial charge in [-0.05, 0) is 48.7 Å². The average molecular weight is 379 g/mol. The number of hydrogen-bond donors (Lipinski definition) is 1. The topological polar surface area (TPSA) is 69.9 Å². The molecule has 0 atom stereocenters. The van der Waals surface area contributed by atoms with Crippen LogP contribution in [0.1, 0.15) is 23.6 Å². The molecule has 0 spiro atoms. The molecule has 1 aromatic heterocycles. The zero-order chi connectivity index (χ0) is 19.7. The lowest BCUT2D eigenvalue weighted by atomic mass is 10.0. The SMILES string of the molecule is COc1cc2occ(C)c2cc1/C(C)=C/C(=O)NCc1ccc2c(c1)OCO2. The van der Waals surface area contributed by atoms with Crippen LogP contribution in [0.2, 0.25) is 0 Å². The molecule has 2 heterocycles. The third-order valence-corrected chi connectivity index (χ3v) is 4.77. The predicted octanol–water partition coefficient (Wildman–Crippen LogP) is 4.20. The van der Waals surface area contributed by atoms with Gasteiger partial charge < -0.3 is 23.9 Å². The molecule has 144 valence electrons. The maximum absolute atomic E-state index is 12.4. The number of amides is 1. The van der Waals surface area contributed by atoms with E-state index in [1.54, 1.807) is 19.4 Å². The predicted molar refractivity (Wildman–Crippen MR) is 106 cm³/mol. The number of allylic oxidation sites excluding steroid dienone is 1. The minimum Gasteiger partial charge on any atom is -0.496 e. The van der Waals surface area contributed by atoms with Crippen molar-refractivity contribution in [2.45, 2.75) is 20.4 Å². The van der Waals surface area contributed by atoms with Crippen molar-refractivity contribution in [3.63, 3.8) is 0 Å². The molecule has 0 saturated carbocycles. The van der Waals surface area contributed by atoms with Crippen molar-refractivity contribution in [3.8, 4) is 17.2 Å². The number of furan rings is 1. The van der Waals surface area contributed by atoms with E-state index in [0.717, 1.165) is 39.0 Å². The highest BCUT2D eigenvalue weighted by molar-refractivity contribution is 5.97. The zero-order valence-electron chi connectivity index (χ0n) is 16.0. The zero-order valence-corrected chi connectivity index (χ0v) is 16.0. The summed E-state index contributed by atoms with van der Waals surface area (Å²) in [5.74, 6) is 1.91. The van der Waals surface area contributed by atoms with Gasteiger partial charge in [-0.25, -0.2) is 0 Å². The lowest BCUT2D eigenvalue weighted by molar-refractivity contribution is -0.116. The number of fused-ring (bicyclic) bond motifs is 2. The minimum atomic E-state index is -0.179. The van der Waals surface area contributed by atoms with Gasteiger partial charge in [-0.3, -0.25) is 4.79 Å². The molecule has 0 saturated heterocycles. The van der Waals surface area contributed by atoms with Crippen LogP contribution >= 0.6 is 0 Å². The van der Waals surface area contributed by atoms with Crippen molar-refractivity contribution in [3.05, 3.63) is 59.4 Å².